The summed E-state index contributed by atoms with van der Waals surface area (Å²) in [6.07, 6.45) is 1.09. The van der Waals surface area contributed by atoms with Crippen LogP contribution in [0.2, 0.25) is 0 Å². The molecule has 0 fully saturated rings. The van der Waals surface area contributed by atoms with Crippen molar-refractivity contribution >= 4 is 5.97 Å². The van der Waals surface area contributed by atoms with Gasteiger partial charge in [0.05, 0.1) is 12.7 Å². The maximum absolute atomic E-state index is 10.9. The van der Waals surface area contributed by atoms with E-state index < -0.39 is 5.97 Å². The predicted octanol–water partition coefficient (Wildman–Crippen LogP) is 3.01. The molecule has 24 heavy (non-hydrogen) atoms. The number of carboxylic acid groups (broad SMARTS) is 1. The van der Waals surface area contributed by atoms with E-state index in [0.717, 1.165) is 29.0 Å². The Morgan fingerprint density at radius 1 is 1.29 bits per heavy atom. The van der Waals surface area contributed by atoms with Crippen molar-refractivity contribution in [2.75, 3.05) is 7.11 Å². The minimum atomic E-state index is -0.910. The molecule has 1 atom stereocenters. The van der Waals surface area contributed by atoms with Gasteiger partial charge in [0, 0.05) is 30.6 Å². The summed E-state index contributed by atoms with van der Waals surface area (Å²) >= 11 is 0. The SMILES string of the molecule is COc1cc(CNCc2ccc(C(=O)O)cc2)c2c(c1)C[C@H](C)O2. The lowest BCUT2D eigenvalue weighted by atomic mass is 10.1. The first-order valence-electron chi connectivity index (χ1n) is 7.96. The summed E-state index contributed by atoms with van der Waals surface area (Å²) in [5, 5.41) is 12.3. The Kier molecular flexibility index (Phi) is 4.71. The van der Waals surface area contributed by atoms with Gasteiger partial charge in [-0.3, -0.25) is 0 Å². The van der Waals surface area contributed by atoms with Gasteiger partial charge in [0.25, 0.3) is 0 Å². The fraction of sp³-hybridized carbons (Fsp3) is 0.316. The Hall–Kier alpha value is -2.53. The van der Waals surface area contributed by atoms with Crippen molar-refractivity contribution < 1.29 is 19.4 Å². The van der Waals surface area contributed by atoms with Crippen LogP contribution in [0.15, 0.2) is 36.4 Å². The van der Waals surface area contributed by atoms with Crippen LogP contribution in [0.5, 0.6) is 11.5 Å². The molecule has 2 N–H and O–H groups in total. The number of aromatic carboxylic acids is 1. The van der Waals surface area contributed by atoms with Gasteiger partial charge in [-0.2, -0.15) is 0 Å². The lowest BCUT2D eigenvalue weighted by Gasteiger charge is -2.12. The number of ether oxygens (including phenoxy) is 2. The molecule has 5 heteroatoms. The lowest BCUT2D eigenvalue weighted by molar-refractivity contribution is 0.0697. The van der Waals surface area contributed by atoms with Crippen LogP contribution < -0.4 is 14.8 Å². The summed E-state index contributed by atoms with van der Waals surface area (Å²) in [6, 6.07) is 10.9. The van der Waals surface area contributed by atoms with E-state index in [1.165, 1.54) is 5.56 Å². The highest BCUT2D eigenvalue weighted by Crippen LogP contribution is 2.36. The van der Waals surface area contributed by atoms with Crippen molar-refractivity contribution in [1.82, 2.24) is 5.32 Å². The predicted molar refractivity (Wildman–Crippen MR) is 90.7 cm³/mol. The molecule has 0 amide bonds. The Morgan fingerprint density at radius 2 is 2.04 bits per heavy atom. The highest BCUT2D eigenvalue weighted by Gasteiger charge is 2.23. The highest BCUT2D eigenvalue weighted by atomic mass is 16.5. The van der Waals surface area contributed by atoms with Crippen LogP contribution in [-0.2, 0) is 19.5 Å². The van der Waals surface area contributed by atoms with Crippen LogP contribution in [0.25, 0.3) is 0 Å². The van der Waals surface area contributed by atoms with Crippen molar-refractivity contribution in [3.63, 3.8) is 0 Å². The van der Waals surface area contributed by atoms with Gasteiger partial charge >= 0.3 is 5.97 Å². The van der Waals surface area contributed by atoms with Gasteiger partial charge in [-0.15, -0.1) is 0 Å². The van der Waals surface area contributed by atoms with Gasteiger partial charge in [-0.25, -0.2) is 4.79 Å². The number of hydrogen-bond acceptors (Lipinski definition) is 4. The summed E-state index contributed by atoms with van der Waals surface area (Å²) in [6.45, 7) is 3.38. The third-order valence-electron chi connectivity index (χ3n) is 4.12. The van der Waals surface area contributed by atoms with Crippen LogP contribution in [0.4, 0.5) is 0 Å². The van der Waals surface area contributed by atoms with Crippen molar-refractivity contribution in [3.8, 4) is 11.5 Å². The molecule has 1 aliphatic rings. The Morgan fingerprint density at radius 3 is 2.71 bits per heavy atom. The van der Waals surface area contributed by atoms with Crippen LogP contribution in [0, 0.1) is 0 Å². The standard InChI is InChI=1S/C19H21NO4/c1-12-7-15-8-17(23-2)9-16(18(15)24-12)11-20-10-13-3-5-14(6-4-13)19(21)22/h3-6,8-9,12,20H,7,10-11H2,1-2H3,(H,21,22)/t12-/m0/s1. The molecule has 0 bridgehead atoms. The fourth-order valence-electron chi connectivity index (χ4n) is 2.93. The second-order valence-electron chi connectivity index (χ2n) is 6.01. The molecule has 2 aromatic carbocycles. The van der Waals surface area contributed by atoms with Crippen LogP contribution in [-0.4, -0.2) is 24.3 Å². The maximum atomic E-state index is 10.9. The zero-order valence-corrected chi connectivity index (χ0v) is 13.8. The summed E-state index contributed by atoms with van der Waals surface area (Å²) in [5.74, 6) is 0.888. The molecule has 0 unspecified atom stereocenters. The number of methoxy groups -OCH3 is 1. The first-order chi connectivity index (χ1) is 11.6. The molecular weight excluding hydrogens is 306 g/mol. The zero-order chi connectivity index (χ0) is 17.1. The number of hydrogen-bond donors (Lipinski definition) is 2. The molecule has 1 aliphatic heterocycles. The first kappa shape index (κ1) is 16.3. The van der Waals surface area contributed by atoms with E-state index in [0.29, 0.717) is 18.7 Å². The van der Waals surface area contributed by atoms with E-state index in [-0.39, 0.29) is 6.10 Å². The minimum absolute atomic E-state index is 0.189. The molecule has 0 aliphatic carbocycles. The number of carbonyl (C=O) groups is 1. The third-order valence-corrected chi connectivity index (χ3v) is 4.12. The largest absolute Gasteiger partial charge is 0.497 e. The van der Waals surface area contributed by atoms with Crippen molar-refractivity contribution in [2.45, 2.75) is 32.5 Å². The van der Waals surface area contributed by atoms with Gasteiger partial charge in [-0.1, -0.05) is 12.1 Å². The quantitative estimate of drug-likeness (QED) is 0.854. The zero-order valence-electron chi connectivity index (χ0n) is 13.8. The number of carboxylic acids is 1. The van der Waals surface area contributed by atoms with Gasteiger partial charge in [0.1, 0.15) is 17.6 Å². The van der Waals surface area contributed by atoms with E-state index in [1.54, 1.807) is 19.2 Å². The summed E-state index contributed by atoms with van der Waals surface area (Å²) in [7, 11) is 1.67. The molecular formula is C19H21NO4. The molecule has 0 radical (unpaired) electrons. The number of fused-ring (bicyclic) bond motifs is 1. The molecule has 0 saturated heterocycles. The van der Waals surface area contributed by atoms with E-state index in [1.807, 2.05) is 24.3 Å². The molecule has 126 valence electrons. The van der Waals surface area contributed by atoms with Crippen molar-refractivity contribution in [3.05, 3.63) is 58.7 Å². The molecule has 0 saturated carbocycles. The normalized spacial score (nSPS) is 15.7. The smallest absolute Gasteiger partial charge is 0.335 e. The summed E-state index contributed by atoms with van der Waals surface area (Å²) in [5.41, 5.74) is 3.60. The molecule has 0 aromatic heterocycles. The Balaban J connectivity index is 1.66. The number of benzene rings is 2. The van der Waals surface area contributed by atoms with Gasteiger partial charge in [-0.05, 0) is 36.8 Å². The van der Waals surface area contributed by atoms with E-state index in [2.05, 4.69) is 12.2 Å². The van der Waals surface area contributed by atoms with E-state index >= 15 is 0 Å². The molecule has 1 heterocycles. The maximum Gasteiger partial charge on any atom is 0.335 e. The van der Waals surface area contributed by atoms with Crippen LogP contribution in [0.3, 0.4) is 0 Å². The van der Waals surface area contributed by atoms with E-state index in [4.69, 9.17) is 14.6 Å². The Labute approximate surface area is 141 Å². The topological polar surface area (TPSA) is 67.8 Å². The average Bonchev–Trinajstić information content (AvgIpc) is 2.95. The monoisotopic (exact) mass is 327 g/mol. The number of rotatable bonds is 6. The van der Waals surface area contributed by atoms with Crippen LogP contribution >= 0.6 is 0 Å². The first-order valence-corrected chi connectivity index (χ1v) is 7.96. The van der Waals surface area contributed by atoms with E-state index in [9.17, 15) is 4.79 Å². The second-order valence-corrected chi connectivity index (χ2v) is 6.01. The summed E-state index contributed by atoms with van der Waals surface area (Å²) < 4.78 is 11.3. The molecule has 2 aromatic rings. The van der Waals surface area contributed by atoms with Crippen molar-refractivity contribution in [1.29, 1.82) is 0 Å². The molecule has 3 rings (SSSR count). The lowest BCUT2D eigenvalue weighted by Crippen LogP contribution is -2.14. The highest BCUT2D eigenvalue weighted by molar-refractivity contribution is 5.87. The van der Waals surface area contributed by atoms with Crippen LogP contribution in [0.1, 0.15) is 34.0 Å². The summed E-state index contributed by atoms with van der Waals surface area (Å²) in [4.78, 5) is 10.9. The molecule has 0 spiro atoms. The fourth-order valence-corrected chi connectivity index (χ4v) is 2.93. The minimum Gasteiger partial charge on any atom is -0.497 e. The van der Waals surface area contributed by atoms with Gasteiger partial charge in [0.2, 0.25) is 0 Å². The number of nitrogens with one attached hydrogen (secondary N) is 1. The van der Waals surface area contributed by atoms with Gasteiger partial charge < -0.3 is 19.9 Å². The van der Waals surface area contributed by atoms with Crippen molar-refractivity contribution in [2.24, 2.45) is 0 Å². The third kappa shape index (κ3) is 3.51. The molecule has 5 nitrogen and oxygen atoms in total. The van der Waals surface area contributed by atoms with Gasteiger partial charge in [0.15, 0.2) is 0 Å². The second kappa shape index (κ2) is 6.93. The Bertz CT molecular complexity index is 740. The average molecular weight is 327 g/mol.